The normalized spacial score (nSPS) is 11.8. The molecule has 0 fully saturated rings. The number of pyridine rings is 1. The van der Waals surface area contributed by atoms with Gasteiger partial charge in [-0.1, -0.05) is 13.0 Å². The maximum Gasteiger partial charge on any atom is 0.417 e. The van der Waals surface area contributed by atoms with Crippen molar-refractivity contribution in [2.75, 3.05) is 11.9 Å². The molecule has 0 spiro atoms. The van der Waals surface area contributed by atoms with Crippen molar-refractivity contribution < 1.29 is 13.2 Å². The number of rotatable bonds is 3. The van der Waals surface area contributed by atoms with E-state index in [2.05, 4.69) is 10.3 Å². The lowest BCUT2D eigenvalue weighted by Crippen LogP contribution is -2.14. The van der Waals surface area contributed by atoms with Crippen LogP contribution in [-0.4, -0.2) is 11.5 Å². The van der Waals surface area contributed by atoms with Gasteiger partial charge in [0.15, 0.2) is 0 Å². The summed E-state index contributed by atoms with van der Waals surface area (Å²) in [5.74, 6) is 0. The minimum Gasteiger partial charge on any atom is -0.385 e. The van der Waals surface area contributed by atoms with E-state index in [1.165, 1.54) is 12.1 Å². The largest absolute Gasteiger partial charge is 0.417 e. The molecule has 3 nitrogen and oxygen atoms in total. The zero-order chi connectivity index (χ0) is 14.0. The quantitative estimate of drug-likeness (QED) is 0.898. The van der Waals surface area contributed by atoms with Crippen LogP contribution in [0.2, 0.25) is 0 Å². The van der Waals surface area contributed by atoms with Crippen LogP contribution in [-0.2, 0) is 6.18 Å². The first-order valence-corrected chi connectivity index (χ1v) is 5.90. The number of aromatic nitrogens is 1. The summed E-state index contributed by atoms with van der Waals surface area (Å²) in [4.78, 5) is 13.7. The second-order valence-corrected chi connectivity index (χ2v) is 4.23. The Kier molecular flexibility index (Phi) is 3.50. The summed E-state index contributed by atoms with van der Waals surface area (Å²) in [6.45, 7) is 2.70. The van der Waals surface area contributed by atoms with E-state index in [1.54, 1.807) is 6.07 Å². The molecule has 0 aliphatic carbocycles. The fourth-order valence-corrected chi connectivity index (χ4v) is 1.87. The van der Waals surface area contributed by atoms with E-state index in [4.69, 9.17) is 0 Å². The summed E-state index contributed by atoms with van der Waals surface area (Å²) in [5, 5.41) is 3.06. The molecule has 2 aromatic rings. The SMILES string of the molecule is CCCNc1ccc2c(C(F)(F)F)cc(=O)[nH]c2c1. The van der Waals surface area contributed by atoms with Gasteiger partial charge in [-0.25, -0.2) is 0 Å². The lowest BCUT2D eigenvalue weighted by atomic mass is 10.1. The summed E-state index contributed by atoms with van der Waals surface area (Å²) in [5.41, 5.74) is -0.800. The number of aromatic amines is 1. The summed E-state index contributed by atoms with van der Waals surface area (Å²) in [7, 11) is 0. The number of H-pyrrole nitrogens is 1. The van der Waals surface area contributed by atoms with Crippen molar-refractivity contribution in [2.45, 2.75) is 19.5 Å². The summed E-state index contributed by atoms with van der Waals surface area (Å²) in [6.07, 6.45) is -3.64. The topological polar surface area (TPSA) is 44.9 Å². The standard InChI is InChI=1S/C13H13F3N2O/c1-2-5-17-8-3-4-9-10(13(14,15)16)7-12(19)18-11(9)6-8/h3-4,6-7,17H,2,5H2,1H3,(H,18,19). The summed E-state index contributed by atoms with van der Waals surface area (Å²) in [6, 6.07) is 5.04. The van der Waals surface area contributed by atoms with Crippen LogP contribution in [0.4, 0.5) is 18.9 Å². The first-order chi connectivity index (χ1) is 8.91. The van der Waals surface area contributed by atoms with E-state index in [-0.39, 0.29) is 10.9 Å². The molecular formula is C13H13F3N2O. The summed E-state index contributed by atoms with van der Waals surface area (Å²) < 4.78 is 38.5. The smallest absolute Gasteiger partial charge is 0.385 e. The van der Waals surface area contributed by atoms with E-state index in [0.29, 0.717) is 18.3 Å². The molecule has 1 heterocycles. The lowest BCUT2D eigenvalue weighted by Gasteiger charge is -2.11. The van der Waals surface area contributed by atoms with Crippen LogP contribution < -0.4 is 10.9 Å². The maximum absolute atomic E-state index is 12.8. The molecule has 1 aromatic carbocycles. The number of halogens is 3. The molecule has 0 saturated carbocycles. The van der Waals surface area contributed by atoms with Crippen LogP contribution >= 0.6 is 0 Å². The van der Waals surface area contributed by atoms with Crippen molar-refractivity contribution in [3.63, 3.8) is 0 Å². The number of anilines is 1. The van der Waals surface area contributed by atoms with Gasteiger partial charge >= 0.3 is 6.18 Å². The van der Waals surface area contributed by atoms with E-state index in [1.807, 2.05) is 6.92 Å². The van der Waals surface area contributed by atoms with Crippen molar-refractivity contribution in [1.29, 1.82) is 0 Å². The van der Waals surface area contributed by atoms with Crippen molar-refractivity contribution in [3.05, 3.63) is 40.2 Å². The highest BCUT2D eigenvalue weighted by Gasteiger charge is 2.33. The molecule has 2 N–H and O–H groups in total. The molecule has 0 saturated heterocycles. The van der Waals surface area contributed by atoms with Gasteiger partial charge in [-0.3, -0.25) is 4.79 Å². The molecule has 0 amide bonds. The highest BCUT2D eigenvalue weighted by Crippen LogP contribution is 2.33. The minimum absolute atomic E-state index is 0.00542. The minimum atomic E-state index is -4.54. The molecule has 0 bridgehead atoms. The lowest BCUT2D eigenvalue weighted by molar-refractivity contribution is -0.136. The van der Waals surface area contributed by atoms with Crippen molar-refractivity contribution in [2.24, 2.45) is 0 Å². The number of alkyl halides is 3. The van der Waals surface area contributed by atoms with Crippen LogP contribution in [0.15, 0.2) is 29.1 Å². The van der Waals surface area contributed by atoms with Crippen LogP contribution in [0, 0.1) is 0 Å². The highest BCUT2D eigenvalue weighted by molar-refractivity contribution is 5.85. The Bertz CT molecular complexity index is 646. The Balaban J connectivity index is 2.58. The van der Waals surface area contributed by atoms with Gasteiger partial charge in [0.05, 0.1) is 11.1 Å². The van der Waals surface area contributed by atoms with Crippen molar-refractivity contribution in [1.82, 2.24) is 4.98 Å². The molecule has 0 radical (unpaired) electrons. The fourth-order valence-electron chi connectivity index (χ4n) is 1.87. The Labute approximate surface area is 107 Å². The van der Waals surface area contributed by atoms with Gasteiger partial charge in [0.25, 0.3) is 0 Å². The van der Waals surface area contributed by atoms with Gasteiger partial charge < -0.3 is 10.3 Å². The van der Waals surface area contributed by atoms with Crippen LogP contribution in [0.5, 0.6) is 0 Å². The average Bonchev–Trinajstić information content (AvgIpc) is 2.33. The van der Waals surface area contributed by atoms with Gasteiger partial charge in [0, 0.05) is 23.7 Å². The van der Waals surface area contributed by atoms with Gasteiger partial charge in [-0.05, 0) is 18.6 Å². The number of benzene rings is 1. The zero-order valence-corrected chi connectivity index (χ0v) is 10.3. The Morgan fingerprint density at radius 1 is 1.26 bits per heavy atom. The van der Waals surface area contributed by atoms with E-state index in [0.717, 1.165) is 6.42 Å². The molecule has 19 heavy (non-hydrogen) atoms. The third-order valence-corrected chi connectivity index (χ3v) is 2.73. The fraction of sp³-hybridized carbons (Fsp3) is 0.308. The zero-order valence-electron chi connectivity index (χ0n) is 10.3. The van der Waals surface area contributed by atoms with Gasteiger partial charge in [-0.15, -0.1) is 0 Å². The predicted octanol–water partition coefficient (Wildman–Crippen LogP) is 3.37. The first kappa shape index (κ1) is 13.5. The molecule has 102 valence electrons. The number of hydrogen-bond donors (Lipinski definition) is 2. The van der Waals surface area contributed by atoms with Gasteiger partial charge in [0.1, 0.15) is 0 Å². The van der Waals surface area contributed by atoms with Gasteiger partial charge in [0.2, 0.25) is 5.56 Å². The van der Waals surface area contributed by atoms with Crippen LogP contribution in [0.25, 0.3) is 10.9 Å². The monoisotopic (exact) mass is 270 g/mol. The maximum atomic E-state index is 12.8. The third kappa shape index (κ3) is 2.89. The Morgan fingerprint density at radius 3 is 2.63 bits per heavy atom. The van der Waals surface area contributed by atoms with E-state index >= 15 is 0 Å². The Hall–Kier alpha value is -1.98. The second-order valence-electron chi connectivity index (χ2n) is 4.23. The highest BCUT2D eigenvalue weighted by atomic mass is 19.4. The van der Waals surface area contributed by atoms with E-state index < -0.39 is 17.3 Å². The van der Waals surface area contributed by atoms with Crippen molar-refractivity contribution in [3.8, 4) is 0 Å². The molecule has 2 rings (SSSR count). The molecule has 0 aliphatic heterocycles. The molecule has 0 unspecified atom stereocenters. The van der Waals surface area contributed by atoms with E-state index in [9.17, 15) is 18.0 Å². The van der Waals surface area contributed by atoms with Crippen LogP contribution in [0.1, 0.15) is 18.9 Å². The number of fused-ring (bicyclic) bond motifs is 1. The molecule has 0 atom stereocenters. The Morgan fingerprint density at radius 2 is 2.00 bits per heavy atom. The number of nitrogens with one attached hydrogen (secondary N) is 2. The molecule has 6 heteroatoms. The summed E-state index contributed by atoms with van der Waals surface area (Å²) >= 11 is 0. The third-order valence-electron chi connectivity index (χ3n) is 2.73. The van der Waals surface area contributed by atoms with Crippen molar-refractivity contribution >= 4 is 16.6 Å². The molecular weight excluding hydrogens is 257 g/mol. The second kappa shape index (κ2) is 4.95. The predicted molar refractivity (Wildman–Crippen MR) is 68.4 cm³/mol. The van der Waals surface area contributed by atoms with Crippen LogP contribution in [0.3, 0.4) is 0 Å². The van der Waals surface area contributed by atoms with Gasteiger partial charge in [-0.2, -0.15) is 13.2 Å². The molecule has 0 aliphatic rings. The first-order valence-electron chi connectivity index (χ1n) is 5.90. The number of hydrogen-bond acceptors (Lipinski definition) is 2. The molecule has 1 aromatic heterocycles. The average molecular weight is 270 g/mol.